The molecule has 1 aromatic heterocycles. The molecule has 0 saturated carbocycles. The van der Waals surface area contributed by atoms with Crippen molar-refractivity contribution < 1.29 is 19.0 Å². The summed E-state index contributed by atoms with van der Waals surface area (Å²) in [7, 11) is 1.59. The lowest BCUT2D eigenvalue weighted by atomic mass is 10.1. The normalized spacial score (nSPS) is 10.7. The van der Waals surface area contributed by atoms with E-state index in [0.29, 0.717) is 42.2 Å². The Morgan fingerprint density at radius 3 is 2.68 bits per heavy atom. The number of nitrogens with zero attached hydrogens (tertiary/aromatic N) is 2. The van der Waals surface area contributed by atoms with Crippen LogP contribution in [-0.4, -0.2) is 46.4 Å². The lowest BCUT2D eigenvalue weighted by molar-refractivity contribution is 0.0725. The average Bonchev–Trinajstić information content (AvgIpc) is 3.21. The van der Waals surface area contributed by atoms with Gasteiger partial charge in [0.2, 0.25) is 0 Å². The summed E-state index contributed by atoms with van der Waals surface area (Å²) in [5.41, 5.74) is 2.47. The summed E-state index contributed by atoms with van der Waals surface area (Å²) in [6.45, 7) is 0.714. The SMILES string of the molecule is COc1ccccc1CN(CCCO)C(=O)c1cc(-c2ccc(F)cc2)n[nH]1. The van der Waals surface area contributed by atoms with Gasteiger partial charge < -0.3 is 14.7 Å². The molecule has 0 bridgehead atoms. The summed E-state index contributed by atoms with van der Waals surface area (Å²) < 4.78 is 18.5. The van der Waals surface area contributed by atoms with Crippen molar-refractivity contribution in [2.45, 2.75) is 13.0 Å². The molecular formula is C21H22FN3O3. The second-order valence-corrected chi connectivity index (χ2v) is 6.29. The van der Waals surface area contributed by atoms with Crippen molar-refractivity contribution in [3.8, 4) is 17.0 Å². The number of ether oxygens (including phenoxy) is 1. The molecule has 28 heavy (non-hydrogen) atoms. The number of carbonyl (C=O) groups is 1. The Bertz CT molecular complexity index is 925. The topological polar surface area (TPSA) is 78.5 Å². The number of para-hydroxylation sites is 1. The maximum atomic E-state index is 13.1. The van der Waals surface area contributed by atoms with Crippen LogP contribution in [0, 0.1) is 5.82 Å². The fourth-order valence-electron chi connectivity index (χ4n) is 2.92. The van der Waals surface area contributed by atoms with Gasteiger partial charge in [-0.25, -0.2) is 4.39 Å². The van der Waals surface area contributed by atoms with Crippen LogP contribution in [0.5, 0.6) is 5.75 Å². The van der Waals surface area contributed by atoms with Crippen LogP contribution in [-0.2, 0) is 6.54 Å². The molecule has 0 unspecified atom stereocenters. The van der Waals surface area contributed by atoms with Gasteiger partial charge in [0.25, 0.3) is 5.91 Å². The third kappa shape index (κ3) is 4.55. The number of H-pyrrole nitrogens is 1. The first-order valence-electron chi connectivity index (χ1n) is 8.95. The standard InChI is InChI=1S/C21H22FN3O3/c1-28-20-6-3-2-5-16(20)14-25(11-4-12-26)21(27)19-13-18(23-24-19)15-7-9-17(22)10-8-15/h2-3,5-10,13,26H,4,11-12,14H2,1H3,(H,23,24). The largest absolute Gasteiger partial charge is 0.496 e. The molecule has 3 rings (SSSR count). The molecule has 0 fully saturated rings. The number of methoxy groups -OCH3 is 1. The molecule has 0 aliphatic heterocycles. The van der Waals surface area contributed by atoms with Gasteiger partial charge in [0.05, 0.1) is 12.8 Å². The van der Waals surface area contributed by atoms with E-state index in [-0.39, 0.29) is 18.3 Å². The van der Waals surface area contributed by atoms with E-state index in [1.807, 2.05) is 24.3 Å². The van der Waals surface area contributed by atoms with E-state index in [0.717, 1.165) is 5.56 Å². The number of amides is 1. The van der Waals surface area contributed by atoms with Crippen LogP contribution in [0.4, 0.5) is 4.39 Å². The first-order valence-corrected chi connectivity index (χ1v) is 8.95. The van der Waals surface area contributed by atoms with E-state index in [1.165, 1.54) is 12.1 Å². The third-order valence-corrected chi connectivity index (χ3v) is 4.38. The molecule has 7 heteroatoms. The number of hydrogen-bond acceptors (Lipinski definition) is 4. The Kier molecular flexibility index (Phi) is 6.39. The van der Waals surface area contributed by atoms with Gasteiger partial charge in [-0.15, -0.1) is 0 Å². The maximum absolute atomic E-state index is 13.1. The summed E-state index contributed by atoms with van der Waals surface area (Å²) in [6.07, 6.45) is 0.458. The predicted octanol–water partition coefficient (Wildman–Crippen LogP) is 3.25. The first kappa shape index (κ1) is 19.6. The zero-order valence-electron chi connectivity index (χ0n) is 15.6. The van der Waals surface area contributed by atoms with Crippen LogP contribution in [0.1, 0.15) is 22.5 Å². The van der Waals surface area contributed by atoms with Crippen molar-refractivity contribution in [1.29, 1.82) is 0 Å². The van der Waals surface area contributed by atoms with E-state index in [2.05, 4.69) is 10.2 Å². The zero-order valence-corrected chi connectivity index (χ0v) is 15.6. The summed E-state index contributed by atoms with van der Waals surface area (Å²) in [5, 5.41) is 16.1. The van der Waals surface area contributed by atoms with E-state index in [9.17, 15) is 14.3 Å². The second kappa shape index (κ2) is 9.14. The average molecular weight is 383 g/mol. The van der Waals surface area contributed by atoms with Crippen LogP contribution in [0.25, 0.3) is 11.3 Å². The number of aliphatic hydroxyl groups excluding tert-OH is 1. The minimum Gasteiger partial charge on any atom is -0.496 e. The first-order chi connectivity index (χ1) is 13.6. The zero-order chi connectivity index (χ0) is 19.9. The summed E-state index contributed by atoms with van der Waals surface area (Å²) in [6, 6.07) is 15.0. The van der Waals surface area contributed by atoms with E-state index in [1.54, 1.807) is 30.2 Å². The molecule has 0 saturated heterocycles. The highest BCUT2D eigenvalue weighted by molar-refractivity contribution is 5.93. The van der Waals surface area contributed by atoms with Gasteiger partial charge in [-0.1, -0.05) is 18.2 Å². The lowest BCUT2D eigenvalue weighted by Crippen LogP contribution is -2.32. The Morgan fingerprint density at radius 1 is 1.21 bits per heavy atom. The van der Waals surface area contributed by atoms with Gasteiger partial charge in [0.15, 0.2) is 0 Å². The third-order valence-electron chi connectivity index (χ3n) is 4.38. The number of benzene rings is 2. The number of aromatic amines is 1. The van der Waals surface area contributed by atoms with Crippen molar-refractivity contribution in [1.82, 2.24) is 15.1 Å². The van der Waals surface area contributed by atoms with Gasteiger partial charge >= 0.3 is 0 Å². The van der Waals surface area contributed by atoms with E-state index < -0.39 is 0 Å². The van der Waals surface area contributed by atoms with Crippen LogP contribution in [0.15, 0.2) is 54.6 Å². The number of aliphatic hydroxyl groups is 1. The number of carbonyl (C=O) groups excluding carboxylic acids is 1. The number of nitrogens with one attached hydrogen (secondary N) is 1. The fourth-order valence-corrected chi connectivity index (χ4v) is 2.92. The Labute approximate surface area is 162 Å². The quantitative estimate of drug-likeness (QED) is 0.626. The van der Waals surface area contributed by atoms with Crippen molar-refractivity contribution in [2.24, 2.45) is 0 Å². The smallest absolute Gasteiger partial charge is 0.272 e. The predicted molar refractivity (Wildman–Crippen MR) is 103 cm³/mol. The van der Waals surface area contributed by atoms with Crippen LogP contribution < -0.4 is 4.74 Å². The number of aromatic nitrogens is 2. The molecule has 0 aliphatic carbocycles. The molecular weight excluding hydrogens is 361 g/mol. The number of rotatable bonds is 8. The lowest BCUT2D eigenvalue weighted by Gasteiger charge is -2.23. The number of hydrogen-bond donors (Lipinski definition) is 2. The summed E-state index contributed by atoms with van der Waals surface area (Å²) >= 11 is 0. The molecule has 1 heterocycles. The molecule has 0 aliphatic rings. The van der Waals surface area contributed by atoms with Gasteiger partial charge in [0.1, 0.15) is 17.3 Å². The van der Waals surface area contributed by atoms with Crippen LogP contribution in [0.3, 0.4) is 0 Å². The van der Waals surface area contributed by atoms with Gasteiger partial charge in [-0.2, -0.15) is 5.10 Å². The highest BCUT2D eigenvalue weighted by atomic mass is 19.1. The Hall–Kier alpha value is -3.19. The molecule has 6 nitrogen and oxygen atoms in total. The van der Waals surface area contributed by atoms with E-state index in [4.69, 9.17) is 4.74 Å². The Morgan fingerprint density at radius 2 is 1.96 bits per heavy atom. The minimum atomic E-state index is -0.331. The molecule has 2 aromatic carbocycles. The van der Waals surface area contributed by atoms with E-state index >= 15 is 0 Å². The monoisotopic (exact) mass is 383 g/mol. The van der Waals surface area contributed by atoms with Crippen molar-refractivity contribution >= 4 is 5.91 Å². The molecule has 3 aromatic rings. The molecule has 146 valence electrons. The highest BCUT2D eigenvalue weighted by Crippen LogP contribution is 2.22. The van der Waals surface area contributed by atoms with Crippen molar-refractivity contribution in [3.05, 3.63) is 71.7 Å². The van der Waals surface area contributed by atoms with Crippen LogP contribution >= 0.6 is 0 Å². The van der Waals surface area contributed by atoms with Crippen LogP contribution in [0.2, 0.25) is 0 Å². The van der Waals surface area contributed by atoms with Crippen molar-refractivity contribution in [3.63, 3.8) is 0 Å². The maximum Gasteiger partial charge on any atom is 0.272 e. The van der Waals surface area contributed by atoms with Gasteiger partial charge in [-0.05, 0) is 42.8 Å². The van der Waals surface area contributed by atoms with Gasteiger partial charge in [0, 0.05) is 30.8 Å². The molecule has 1 amide bonds. The molecule has 0 radical (unpaired) electrons. The second-order valence-electron chi connectivity index (χ2n) is 6.29. The molecule has 0 atom stereocenters. The molecule has 2 N–H and O–H groups in total. The Balaban J connectivity index is 1.82. The van der Waals surface area contributed by atoms with Crippen molar-refractivity contribution in [2.75, 3.05) is 20.3 Å². The summed E-state index contributed by atoms with van der Waals surface area (Å²) in [4.78, 5) is 14.7. The minimum absolute atomic E-state index is 0.0144. The summed E-state index contributed by atoms with van der Waals surface area (Å²) in [5.74, 6) is 0.128. The highest BCUT2D eigenvalue weighted by Gasteiger charge is 2.20. The fraction of sp³-hybridized carbons (Fsp3) is 0.238. The number of halogens is 1. The van der Waals surface area contributed by atoms with Gasteiger partial charge in [-0.3, -0.25) is 9.89 Å². The molecule has 0 spiro atoms.